The van der Waals surface area contributed by atoms with Gasteiger partial charge < -0.3 is 15.2 Å². The molecule has 0 aliphatic heterocycles. The van der Waals surface area contributed by atoms with Crippen molar-refractivity contribution < 1.29 is 18.7 Å². The number of methoxy groups -OCH3 is 1. The van der Waals surface area contributed by atoms with Crippen LogP contribution < -0.4 is 10.5 Å². The molecule has 0 unspecified atom stereocenters. The Balaban J connectivity index is 2.60. The molecule has 88 valence electrons. The summed E-state index contributed by atoms with van der Waals surface area (Å²) in [6.07, 6.45) is -0.544. The molecule has 0 radical (unpaired) electrons. The molecule has 2 N–H and O–H groups in total. The Hall–Kier alpha value is -1.62. The largest absolute Gasteiger partial charge is 0.488 e. The molecule has 0 aromatic heterocycles. The Morgan fingerprint density at radius 2 is 1.94 bits per heavy atom. The minimum absolute atomic E-state index is 0.350. The van der Waals surface area contributed by atoms with Gasteiger partial charge in [0.2, 0.25) is 0 Å². The molecule has 0 aliphatic rings. The Kier molecular flexibility index (Phi) is 4.25. The smallest absolute Gasteiger partial charge is 0.326 e. The highest BCUT2D eigenvalue weighted by molar-refractivity contribution is 5.76. The van der Waals surface area contributed by atoms with Gasteiger partial charge in [-0.3, -0.25) is 4.79 Å². The van der Waals surface area contributed by atoms with Crippen LogP contribution in [-0.2, 0) is 9.53 Å². The van der Waals surface area contributed by atoms with Gasteiger partial charge in [0.1, 0.15) is 23.7 Å². The van der Waals surface area contributed by atoms with E-state index in [0.29, 0.717) is 5.75 Å². The van der Waals surface area contributed by atoms with Crippen molar-refractivity contribution in [2.24, 2.45) is 5.73 Å². The highest BCUT2D eigenvalue weighted by Gasteiger charge is 2.22. The van der Waals surface area contributed by atoms with E-state index in [2.05, 4.69) is 4.74 Å². The van der Waals surface area contributed by atoms with E-state index in [1.54, 1.807) is 6.92 Å². The van der Waals surface area contributed by atoms with E-state index >= 15 is 0 Å². The second-order valence-corrected chi connectivity index (χ2v) is 3.33. The second kappa shape index (κ2) is 5.46. The molecular weight excluding hydrogens is 213 g/mol. The van der Waals surface area contributed by atoms with Gasteiger partial charge in [-0.25, -0.2) is 4.39 Å². The molecule has 0 saturated carbocycles. The highest BCUT2D eigenvalue weighted by Crippen LogP contribution is 2.14. The van der Waals surface area contributed by atoms with Crippen molar-refractivity contribution in [2.75, 3.05) is 7.11 Å². The first-order chi connectivity index (χ1) is 7.54. The van der Waals surface area contributed by atoms with Gasteiger partial charge >= 0.3 is 5.97 Å². The number of hydrogen-bond acceptors (Lipinski definition) is 4. The zero-order valence-corrected chi connectivity index (χ0v) is 9.14. The average Bonchev–Trinajstić information content (AvgIpc) is 2.30. The summed E-state index contributed by atoms with van der Waals surface area (Å²) in [5.74, 6) is -0.444. The van der Waals surface area contributed by atoms with E-state index < -0.39 is 18.1 Å². The number of carbonyl (C=O) groups excluding carboxylic acids is 1. The first kappa shape index (κ1) is 12.4. The molecule has 1 rings (SSSR count). The summed E-state index contributed by atoms with van der Waals surface area (Å²) in [6.45, 7) is 1.64. The van der Waals surface area contributed by atoms with Crippen molar-refractivity contribution in [3.05, 3.63) is 30.1 Å². The molecule has 5 heteroatoms. The van der Waals surface area contributed by atoms with Crippen LogP contribution in [0.1, 0.15) is 6.92 Å². The third-order valence-electron chi connectivity index (χ3n) is 2.11. The molecule has 0 amide bonds. The molecule has 0 spiro atoms. The summed E-state index contributed by atoms with van der Waals surface area (Å²) < 4.78 is 22.5. The lowest BCUT2D eigenvalue weighted by Gasteiger charge is -2.19. The number of carbonyl (C=O) groups is 1. The molecule has 0 saturated heterocycles. The number of nitrogens with two attached hydrogens (primary N) is 1. The first-order valence-corrected chi connectivity index (χ1v) is 4.80. The number of rotatable bonds is 4. The summed E-state index contributed by atoms with van der Waals surface area (Å²) in [6, 6.07) is 4.61. The van der Waals surface area contributed by atoms with Crippen molar-refractivity contribution in [1.29, 1.82) is 0 Å². The molecule has 1 aromatic rings. The van der Waals surface area contributed by atoms with Gasteiger partial charge in [-0.05, 0) is 31.2 Å². The van der Waals surface area contributed by atoms with Crippen LogP contribution in [0.2, 0.25) is 0 Å². The van der Waals surface area contributed by atoms with Gasteiger partial charge in [0.25, 0.3) is 0 Å². The Bertz CT molecular complexity index is 353. The predicted molar refractivity (Wildman–Crippen MR) is 56.5 cm³/mol. The summed E-state index contributed by atoms with van der Waals surface area (Å²) >= 11 is 0. The molecule has 2 atom stereocenters. The third-order valence-corrected chi connectivity index (χ3v) is 2.11. The summed E-state index contributed by atoms with van der Waals surface area (Å²) in [5, 5.41) is 0. The zero-order valence-electron chi connectivity index (χ0n) is 9.14. The van der Waals surface area contributed by atoms with Crippen LogP contribution in [0.5, 0.6) is 5.75 Å². The fourth-order valence-corrected chi connectivity index (χ4v) is 1.13. The molecule has 16 heavy (non-hydrogen) atoms. The van der Waals surface area contributed by atoms with Crippen LogP contribution in [0.3, 0.4) is 0 Å². The van der Waals surface area contributed by atoms with Crippen molar-refractivity contribution in [2.45, 2.75) is 19.1 Å². The van der Waals surface area contributed by atoms with Crippen molar-refractivity contribution in [1.82, 2.24) is 0 Å². The van der Waals surface area contributed by atoms with E-state index in [0.717, 1.165) is 0 Å². The van der Waals surface area contributed by atoms with Gasteiger partial charge in [-0.2, -0.15) is 0 Å². The SMILES string of the molecule is COC(=O)[C@H](N)[C@@H](C)Oc1ccc(F)cc1. The topological polar surface area (TPSA) is 61.5 Å². The molecule has 0 aliphatic carbocycles. The van der Waals surface area contributed by atoms with Crippen LogP contribution in [-0.4, -0.2) is 25.2 Å². The first-order valence-electron chi connectivity index (χ1n) is 4.80. The van der Waals surface area contributed by atoms with Gasteiger partial charge in [0.15, 0.2) is 0 Å². The van der Waals surface area contributed by atoms with Crippen molar-refractivity contribution in [3.63, 3.8) is 0 Å². The number of esters is 1. The molecule has 0 heterocycles. The second-order valence-electron chi connectivity index (χ2n) is 3.33. The minimum Gasteiger partial charge on any atom is -0.488 e. The monoisotopic (exact) mass is 227 g/mol. The standard InChI is InChI=1S/C11H14FNO3/c1-7(10(13)11(14)15-2)16-9-5-3-8(12)4-6-9/h3-7,10H,13H2,1-2H3/t7-,10-/m1/s1. The summed E-state index contributed by atoms with van der Waals surface area (Å²) in [7, 11) is 1.26. The fourth-order valence-electron chi connectivity index (χ4n) is 1.13. The van der Waals surface area contributed by atoms with Gasteiger partial charge in [-0.1, -0.05) is 0 Å². The van der Waals surface area contributed by atoms with E-state index in [4.69, 9.17) is 10.5 Å². The average molecular weight is 227 g/mol. The van der Waals surface area contributed by atoms with Crippen molar-refractivity contribution >= 4 is 5.97 Å². The maximum absolute atomic E-state index is 12.6. The maximum atomic E-state index is 12.6. The molecule has 4 nitrogen and oxygen atoms in total. The molecule has 0 fully saturated rings. The quantitative estimate of drug-likeness (QED) is 0.782. The maximum Gasteiger partial charge on any atom is 0.326 e. The van der Waals surface area contributed by atoms with Crippen LogP contribution >= 0.6 is 0 Å². The summed E-state index contributed by atoms with van der Waals surface area (Å²) in [4.78, 5) is 11.1. The van der Waals surface area contributed by atoms with Gasteiger partial charge in [0, 0.05) is 0 Å². The van der Waals surface area contributed by atoms with Crippen LogP contribution in [0, 0.1) is 5.82 Å². The normalized spacial score (nSPS) is 14.0. The fraction of sp³-hybridized carbons (Fsp3) is 0.364. The minimum atomic E-state index is -0.866. The molecular formula is C11H14FNO3. The van der Waals surface area contributed by atoms with E-state index in [9.17, 15) is 9.18 Å². The van der Waals surface area contributed by atoms with Crippen LogP contribution in [0.15, 0.2) is 24.3 Å². The van der Waals surface area contributed by atoms with Crippen molar-refractivity contribution in [3.8, 4) is 5.75 Å². The summed E-state index contributed by atoms with van der Waals surface area (Å²) in [5.41, 5.74) is 5.58. The number of halogens is 1. The Labute approximate surface area is 93.2 Å². The van der Waals surface area contributed by atoms with Crippen LogP contribution in [0.25, 0.3) is 0 Å². The molecule has 1 aromatic carbocycles. The van der Waals surface area contributed by atoms with E-state index in [1.165, 1.54) is 31.4 Å². The van der Waals surface area contributed by atoms with E-state index in [-0.39, 0.29) is 5.82 Å². The number of hydrogen-bond donors (Lipinski definition) is 1. The predicted octanol–water partition coefficient (Wildman–Crippen LogP) is 1.09. The van der Waals surface area contributed by atoms with E-state index in [1.807, 2.05) is 0 Å². The lowest BCUT2D eigenvalue weighted by atomic mass is 10.2. The molecule has 0 bridgehead atoms. The lowest BCUT2D eigenvalue weighted by molar-refractivity contribution is -0.144. The third kappa shape index (κ3) is 3.20. The number of benzene rings is 1. The number of ether oxygens (including phenoxy) is 2. The highest BCUT2D eigenvalue weighted by atomic mass is 19.1. The van der Waals surface area contributed by atoms with Crippen LogP contribution in [0.4, 0.5) is 4.39 Å². The zero-order chi connectivity index (χ0) is 12.1. The lowest BCUT2D eigenvalue weighted by Crippen LogP contribution is -2.44. The van der Waals surface area contributed by atoms with Gasteiger partial charge in [0.05, 0.1) is 7.11 Å². The Morgan fingerprint density at radius 3 is 2.44 bits per heavy atom. The van der Waals surface area contributed by atoms with Gasteiger partial charge in [-0.15, -0.1) is 0 Å². The Morgan fingerprint density at radius 1 is 1.38 bits per heavy atom.